The minimum atomic E-state index is -0.555. The van der Waals surface area contributed by atoms with Crippen LogP contribution in [0.5, 0.6) is 0 Å². The van der Waals surface area contributed by atoms with Crippen LogP contribution < -0.4 is 10.6 Å². The van der Waals surface area contributed by atoms with Crippen LogP contribution in [0.4, 0.5) is 10.6 Å². The summed E-state index contributed by atoms with van der Waals surface area (Å²) in [6.45, 7) is 5.17. The second-order valence-electron chi connectivity index (χ2n) is 6.24. The van der Waals surface area contributed by atoms with Gasteiger partial charge in [0.1, 0.15) is 0 Å². The molecule has 2 N–H and O–H groups in total. The third-order valence-electron chi connectivity index (χ3n) is 4.01. The van der Waals surface area contributed by atoms with Crippen molar-refractivity contribution in [1.82, 2.24) is 15.1 Å². The van der Waals surface area contributed by atoms with Gasteiger partial charge in [-0.15, -0.1) is 5.10 Å². The van der Waals surface area contributed by atoms with Crippen LogP contribution in [0, 0.1) is 5.92 Å². The molecule has 7 nitrogen and oxygen atoms in total. The highest BCUT2D eigenvalue weighted by Gasteiger charge is 2.24. The molecule has 2 heterocycles. The summed E-state index contributed by atoms with van der Waals surface area (Å²) in [4.78, 5) is 24.7. The Hall–Kier alpha value is -2.41. The molecule has 1 aromatic carbocycles. The quantitative estimate of drug-likeness (QED) is 0.902. The van der Waals surface area contributed by atoms with Crippen LogP contribution in [0.3, 0.4) is 0 Å². The van der Waals surface area contributed by atoms with Crippen molar-refractivity contribution >= 4 is 28.7 Å². The second-order valence-corrected chi connectivity index (χ2v) is 6.24. The van der Waals surface area contributed by atoms with E-state index in [-0.39, 0.29) is 17.9 Å². The minimum absolute atomic E-state index is 0.0742. The van der Waals surface area contributed by atoms with E-state index in [0.29, 0.717) is 17.9 Å². The topological polar surface area (TPSA) is 85.2 Å². The van der Waals surface area contributed by atoms with Crippen molar-refractivity contribution in [1.29, 1.82) is 0 Å². The lowest BCUT2D eigenvalue weighted by Crippen LogP contribution is -2.37. The van der Waals surface area contributed by atoms with Crippen LogP contribution >= 0.6 is 0 Å². The maximum atomic E-state index is 12.5. The van der Waals surface area contributed by atoms with Crippen LogP contribution in [0.25, 0.3) is 10.9 Å². The van der Waals surface area contributed by atoms with E-state index in [4.69, 9.17) is 4.74 Å². The highest BCUT2D eigenvalue weighted by molar-refractivity contribution is 6.02. The molecule has 3 rings (SSSR count). The zero-order valence-electron chi connectivity index (χ0n) is 13.9. The standard InChI is InChI=1S/C17H22N4O3/c1-11(2)24-17(23)21-14-8-4-3-7-13(14)15(20-21)19-16(22)12-6-5-9-18-10-12/h3-4,7-8,11-12,18H,5-6,9-10H2,1-2H3,(H,19,20,22)/t12-/m1/s1. The molecule has 1 aliphatic rings. The molecule has 0 saturated carbocycles. The number of benzene rings is 1. The molecular weight excluding hydrogens is 308 g/mol. The Morgan fingerprint density at radius 2 is 2.17 bits per heavy atom. The van der Waals surface area contributed by atoms with Gasteiger partial charge in [-0.05, 0) is 45.4 Å². The van der Waals surface area contributed by atoms with Gasteiger partial charge >= 0.3 is 6.09 Å². The first-order chi connectivity index (χ1) is 11.6. The summed E-state index contributed by atoms with van der Waals surface area (Å²) in [6.07, 6.45) is 1.04. The average Bonchev–Trinajstić information content (AvgIpc) is 2.94. The molecule has 1 aromatic heterocycles. The van der Waals surface area contributed by atoms with E-state index in [0.717, 1.165) is 24.8 Å². The Morgan fingerprint density at radius 3 is 2.88 bits per heavy atom. The number of aromatic nitrogens is 2. The fraction of sp³-hybridized carbons (Fsp3) is 0.471. The molecule has 0 radical (unpaired) electrons. The normalized spacial score (nSPS) is 17.9. The van der Waals surface area contributed by atoms with Crippen LogP contribution in [-0.2, 0) is 9.53 Å². The van der Waals surface area contributed by atoms with E-state index in [1.807, 2.05) is 18.2 Å². The van der Waals surface area contributed by atoms with E-state index < -0.39 is 6.09 Å². The summed E-state index contributed by atoms with van der Waals surface area (Å²) in [6, 6.07) is 7.28. The Morgan fingerprint density at radius 1 is 1.38 bits per heavy atom. The van der Waals surface area contributed by atoms with E-state index >= 15 is 0 Å². The van der Waals surface area contributed by atoms with Gasteiger partial charge in [0.05, 0.1) is 17.5 Å². The number of anilines is 1. The third-order valence-corrected chi connectivity index (χ3v) is 4.01. The smallest absolute Gasteiger partial charge is 0.435 e. The Labute approximate surface area is 140 Å². The van der Waals surface area contributed by atoms with Crippen molar-refractivity contribution in [2.24, 2.45) is 5.92 Å². The molecule has 1 aliphatic heterocycles. The molecule has 0 spiro atoms. The number of nitrogens with one attached hydrogen (secondary N) is 2. The van der Waals surface area contributed by atoms with Crippen molar-refractivity contribution in [3.8, 4) is 0 Å². The molecule has 1 fully saturated rings. The number of hydrogen-bond acceptors (Lipinski definition) is 5. The van der Waals surface area contributed by atoms with Crippen molar-refractivity contribution in [2.45, 2.75) is 32.8 Å². The highest BCUT2D eigenvalue weighted by atomic mass is 16.6. The summed E-state index contributed by atoms with van der Waals surface area (Å²) >= 11 is 0. The zero-order valence-corrected chi connectivity index (χ0v) is 13.9. The first-order valence-electron chi connectivity index (χ1n) is 8.26. The van der Waals surface area contributed by atoms with E-state index in [1.165, 1.54) is 4.68 Å². The lowest BCUT2D eigenvalue weighted by Gasteiger charge is -2.21. The molecule has 24 heavy (non-hydrogen) atoms. The summed E-state index contributed by atoms with van der Waals surface area (Å²) in [7, 11) is 0. The molecule has 1 saturated heterocycles. The Bertz CT molecular complexity index is 747. The monoisotopic (exact) mass is 330 g/mol. The van der Waals surface area contributed by atoms with E-state index in [1.54, 1.807) is 19.9 Å². The van der Waals surface area contributed by atoms with Crippen LogP contribution in [0.2, 0.25) is 0 Å². The second kappa shape index (κ2) is 7.00. The van der Waals surface area contributed by atoms with Crippen LogP contribution in [0.1, 0.15) is 26.7 Å². The SMILES string of the molecule is CC(C)OC(=O)n1nc(NC(=O)[C@@H]2CCCNC2)c2ccccc21. The first-order valence-corrected chi connectivity index (χ1v) is 8.26. The largest absolute Gasteiger partial charge is 0.445 e. The Balaban J connectivity index is 1.87. The fourth-order valence-corrected chi connectivity index (χ4v) is 2.84. The van der Waals surface area contributed by atoms with Gasteiger partial charge in [0, 0.05) is 11.9 Å². The average molecular weight is 330 g/mol. The predicted molar refractivity (Wildman–Crippen MR) is 91.0 cm³/mol. The molecule has 1 atom stereocenters. The number of rotatable bonds is 3. The molecule has 0 bridgehead atoms. The van der Waals surface area contributed by atoms with Crippen molar-refractivity contribution in [3.63, 3.8) is 0 Å². The Kier molecular flexibility index (Phi) is 4.80. The molecule has 7 heteroatoms. The number of carbonyl (C=O) groups is 2. The fourth-order valence-electron chi connectivity index (χ4n) is 2.84. The number of fused-ring (bicyclic) bond motifs is 1. The maximum Gasteiger partial charge on any atom is 0.435 e. The number of carbonyl (C=O) groups excluding carboxylic acids is 2. The summed E-state index contributed by atoms with van der Waals surface area (Å²) in [5.74, 6) is 0.238. The number of ether oxygens (including phenoxy) is 1. The number of hydrogen-bond donors (Lipinski definition) is 2. The number of nitrogens with zero attached hydrogens (tertiary/aromatic N) is 2. The number of piperidine rings is 1. The summed E-state index contributed by atoms with van der Waals surface area (Å²) in [5.41, 5.74) is 0.611. The van der Waals surface area contributed by atoms with Crippen LogP contribution in [-0.4, -0.2) is 41.0 Å². The zero-order chi connectivity index (χ0) is 17.1. The highest BCUT2D eigenvalue weighted by Crippen LogP contribution is 2.24. The van der Waals surface area contributed by atoms with Gasteiger partial charge in [0.15, 0.2) is 5.82 Å². The van der Waals surface area contributed by atoms with Gasteiger partial charge in [0.2, 0.25) is 5.91 Å². The summed E-state index contributed by atoms with van der Waals surface area (Å²) in [5, 5.41) is 11.1. The molecule has 0 unspecified atom stereocenters. The lowest BCUT2D eigenvalue weighted by molar-refractivity contribution is -0.120. The summed E-state index contributed by atoms with van der Waals surface area (Å²) < 4.78 is 6.42. The van der Waals surface area contributed by atoms with Crippen molar-refractivity contribution in [3.05, 3.63) is 24.3 Å². The lowest BCUT2D eigenvalue weighted by atomic mass is 9.99. The van der Waals surface area contributed by atoms with Crippen molar-refractivity contribution in [2.75, 3.05) is 18.4 Å². The van der Waals surface area contributed by atoms with Gasteiger partial charge in [0.25, 0.3) is 0 Å². The van der Waals surface area contributed by atoms with Gasteiger partial charge in [-0.2, -0.15) is 4.68 Å². The van der Waals surface area contributed by atoms with Gasteiger partial charge in [-0.3, -0.25) is 4.79 Å². The molecule has 128 valence electrons. The van der Waals surface area contributed by atoms with Crippen LogP contribution in [0.15, 0.2) is 24.3 Å². The molecule has 0 aliphatic carbocycles. The van der Waals surface area contributed by atoms with Gasteiger partial charge in [-0.25, -0.2) is 4.79 Å². The number of amides is 1. The van der Waals surface area contributed by atoms with Gasteiger partial charge in [-0.1, -0.05) is 12.1 Å². The molecule has 2 aromatic rings. The van der Waals surface area contributed by atoms with E-state index in [9.17, 15) is 9.59 Å². The number of para-hydroxylation sites is 1. The van der Waals surface area contributed by atoms with Gasteiger partial charge < -0.3 is 15.4 Å². The first kappa shape index (κ1) is 16.4. The predicted octanol–water partition coefficient (Wildman–Crippen LogP) is 2.37. The molecular formula is C17H22N4O3. The van der Waals surface area contributed by atoms with E-state index in [2.05, 4.69) is 15.7 Å². The maximum absolute atomic E-state index is 12.5. The third kappa shape index (κ3) is 3.41. The molecule has 1 amide bonds. The van der Waals surface area contributed by atoms with Crippen molar-refractivity contribution < 1.29 is 14.3 Å². The minimum Gasteiger partial charge on any atom is -0.445 e.